The SMILES string of the molecule is COc1ccc(CNC(=O)CSCc2cnn(-c3ccccc3)c2-n2cccc2)cc1OC. The molecule has 0 bridgehead atoms. The summed E-state index contributed by atoms with van der Waals surface area (Å²) in [6, 6.07) is 19.6. The molecule has 1 amide bonds. The highest BCUT2D eigenvalue weighted by molar-refractivity contribution is 7.99. The fourth-order valence-corrected chi connectivity index (χ4v) is 4.30. The highest BCUT2D eigenvalue weighted by atomic mass is 32.2. The third-order valence-electron chi connectivity index (χ3n) is 5.10. The predicted octanol–water partition coefficient (Wildman–Crippen LogP) is 4.23. The first-order chi connectivity index (χ1) is 16.2. The van der Waals surface area contributed by atoms with E-state index in [1.807, 2.05) is 88.5 Å². The molecular formula is C25H26N4O3S. The van der Waals surface area contributed by atoms with Gasteiger partial charge in [0.2, 0.25) is 5.91 Å². The molecule has 2 aromatic heterocycles. The molecule has 0 aliphatic carbocycles. The van der Waals surface area contributed by atoms with Crippen molar-refractivity contribution in [3.63, 3.8) is 0 Å². The lowest BCUT2D eigenvalue weighted by Gasteiger charge is -2.11. The van der Waals surface area contributed by atoms with Crippen molar-refractivity contribution in [1.82, 2.24) is 19.7 Å². The average molecular weight is 463 g/mol. The van der Waals surface area contributed by atoms with Gasteiger partial charge in [-0.25, -0.2) is 4.68 Å². The standard InChI is InChI=1S/C25H26N4O3S/c1-31-22-11-10-19(14-23(22)32-2)15-26-24(30)18-33-17-20-16-27-29(21-8-4-3-5-9-21)25(20)28-12-6-7-13-28/h3-14,16H,15,17-18H2,1-2H3,(H,26,30). The van der Waals surface area contributed by atoms with Gasteiger partial charge < -0.3 is 19.4 Å². The molecule has 0 radical (unpaired) electrons. The molecule has 4 aromatic rings. The van der Waals surface area contributed by atoms with Gasteiger partial charge in [-0.2, -0.15) is 5.10 Å². The minimum Gasteiger partial charge on any atom is -0.493 e. The van der Waals surface area contributed by atoms with Crippen LogP contribution in [0.15, 0.2) is 79.3 Å². The molecule has 0 aliphatic rings. The molecule has 2 aromatic carbocycles. The van der Waals surface area contributed by atoms with Crippen LogP contribution in [0.25, 0.3) is 11.5 Å². The van der Waals surface area contributed by atoms with E-state index in [-0.39, 0.29) is 5.91 Å². The van der Waals surface area contributed by atoms with Crippen LogP contribution < -0.4 is 14.8 Å². The second kappa shape index (κ2) is 10.8. The Morgan fingerprint density at radius 2 is 1.76 bits per heavy atom. The first-order valence-electron chi connectivity index (χ1n) is 10.5. The average Bonchev–Trinajstić information content (AvgIpc) is 3.53. The van der Waals surface area contributed by atoms with Gasteiger partial charge in [0, 0.05) is 30.3 Å². The lowest BCUT2D eigenvalue weighted by atomic mass is 10.2. The van der Waals surface area contributed by atoms with Crippen LogP contribution in [0.1, 0.15) is 11.1 Å². The molecule has 33 heavy (non-hydrogen) atoms. The number of para-hydroxylation sites is 1. The van der Waals surface area contributed by atoms with Crippen LogP contribution in [0.2, 0.25) is 0 Å². The van der Waals surface area contributed by atoms with Crippen molar-refractivity contribution in [2.45, 2.75) is 12.3 Å². The predicted molar refractivity (Wildman–Crippen MR) is 130 cm³/mol. The van der Waals surface area contributed by atoms with Crippen molar-refractivity contribution in [3.05, 3.63) is 90.4 Å². The molecule has 7 nitrogen and oxygen atoms in total. The molecule has 0 saturated heterocycles. The summed E-state index contributed by atoms with van der Waals surface area (Å²) in [5, 5.41) is 7.57. The van der Waals surface area contributed by atoms with Gasteiger partial charge in [-0.05, 0) is 42.0 Å². The summed E-state index contributed by atoms with van der Waals surface area (Å²) in [7, 11) is 3.20. The summed E-state index contributed by atoms with van der Waals surface area (Å²) in [5.74, 6) is 3.29. The maximum Gasteiger partial charge on any atom is 0.230 e. The molecule has 0 spiro atoms. The van der Waals surface area contributed by atoms with Crippen molar-refractivity contribution in [1.29, 1.82) is 0 Å². The van der Waals surface area contributed by atoms with Crippen LogP contribution in [0, 0.1) is 0 Å². The van der Waals surface area contributed by atoms with Crippen LogP contribution in [0.5, 0.6) is 11.5 Å². The molecule has 2 heterocycles. The zero-order valence-corrected chi connectivity index (χ0v) is 19.4. The van der Waals surface area contributed by atoms with Crippen LogP contribution in [-0.4, -0.2) is 40.2 Å². The number of nitrogens with one attached hydrogen (secondary N) is 1. The van der Waals surface area contributed by atoms with Crippen molar-refractivity contribution < 1.29 is 14.3 Å². The van der Waals surface area contributed by atoms with E-state index in [9.17, 15) is 4.79 Å². The van der Waals surface area contributed by atoms with E-state index in [2.05, 4.69) is 10.4 Å². The Bertz CT molecular complexity index is 1190. The molecule has 1 N–H and O–H groups in total. The van der Waals surface area contributed by atoms with E-state index in [0.29, 0.717) is 29.5 Å². The summed E-state index contributed by atoms with van der Waals surface area (Å²) in [5.41, 5.74) is 3.00. The molecule has 170 valence electrons. The molecule has 0 aliphatic heterocycles. The van der Waals surface area contributed by atoms with Crippen molar-refractivity contribution >= 4 is 17.7 Å². The monoisotopic (exact) mass is 462 g/mol. The second-order valence-corrected chi connectivity index (χ2v) is 8.28. The van der Waals surface area contributed by atoms with Gasteiger partial charge in [0.1, 0.15) is 5.82 Å². The van der Waals surface area contributed by atoms with E-state index < -0.39 is 0 Å². The lowest BCUT2D eigenvalue weighted by molar-refractivity contribution is -0.118. The third-order valence-corrected chi connectivity index (χ3v) is 6.08. The summed E-state index contributed by atoms with van der Waals surface area (Å²) >= 11 is 1.56. The summed E-state index contributed by atoms with van der Waals surface area (Å²) < 4.78 is 14.5. The molecule has 0 atom stereocenters. The van der Waals surface area contributed by atoms with E-state index in [1.54, 1.807) is 26.0 Å². The number of hydrogen-bond donors (Lipinski definition) is 1. The largest absolute Gasteiger partial charge is 0.493 e. The third kappa shape index (κ3) is 5.40. The number of methoxy groups -OCH3 is 2. The molecule has 4 rings (SSSR count). The van der Waals surface area contributed by atoms with Crippen LogP contribution in [0.3, 0.4) is 0 Å². The van der Waals surface area contributed by atoms with Crippen molar-refractivity contribution in [2.24, 2.45) is 0 Å². The number of hydrogen-bond acceptors (Lipinski definition) is 5. The highest BCUT2D eigenvalue weighted by Crippen LogP contribution is 2.27. The quantitative estimate of drug-likeness (QED) is 0.382. The number of amides is 1. The number of nitrogens with zero attached hydrogens (tertiary/aromatic N) is 3. The molecule has 0 unspecified atom stereocenters. The van der Waals surface area contributed by atoms with Crippen LogP contribution >= 0.6 is 11.8 Å². The van der Waals surface area contributed by atoms with Crippen molar-refractivity contribution in [3.8, 4) is 23.0 Å². The van der Waals surface area contributed by atoms with Gasteiger partial charge >= 0.3 is 0 Å². The number of aromatic nitrogens is 3. The molecule has 8 heteroatoms. The Hall–Kier alpha value is -3.65. The molecule has 0 fully saturated rings. The fraction of sp³-hybridized carbons (Fsp3) is 0.200. The zero-order valence-electron chi connectivity index (χ0n) is 18.6. The smallest absolute Gasteiger partial charge is 0.230 e. The van der Waals surface area contributed by atoms with Gasteiger partial charge in [0.15, 0.2) is 11.5 Å². The first-order valence-corrected chi connectivity index (χ1v) is 11.7. The second-order valence-electron chi connectivity index (χ2n) is 7.29. The zero-order chi connectivity index (χ0) is 23.0. The molecule has 0 saturated carbocycles. The maximum absolute atomic E-state index is 12.4. The highest BCUT2D eigenvalue weighted by Gasteiger charge is 2.14. The number of thioether (sulfide) groups is 1. The number of ether oxygens (including phenoxy) is 2. The van der Waals surface area contributed by atoms with Crippen molar-refractivity contribution in [2.75, 3.05) is 20.0 Å². The summed E-state index contributed by atoms with van der Waals surface area (Å²) in [4.78, 5) is 12.4. The normalized spacial score (nSPS) is 10.7. The summed E-state index contributed by atoms with van der Waals surface area (Å²) in [6.07, 6.45) is 5.87. The van der Waals surface area contributed by atoms with Gasteiger partial charge in [-0.15, -0.1) is 11.8 Å². The van der Waals surface area contributed by atoms with E-state index in [0.717, 1.165) is 22.6 Å². The van der Waals surface area contributed by atoms with Crippen LogP contribution in [0.4, 0.5) is 0 Å². The first kappa shape index (κ1) is 22.5. The number of carbonyl (C=O) groups excluding carboxylic acids is 1. The topological polar surface area (TPSA) is 70.3 Å². The van der Waals surface area contributed by atoms with E-state index >= 15 is 0 Å². The Morgan fingerprint density at radius 1 is 1.00 bits per heavy atom. The summed E-state index contributed by atoms with van der Waals surface area (Å²) in [6.45, 7) is 0.431. The van der Waals surface area contributed by atoms with Gasteiger partial charge in [0.25, 0.3) is 0 Å². The minimum atomic E-state index is -0.0206. The van der Waals surface area contributed by atoms with Crippen LogP contribution in [-0.2, 0) is 17.1 Å². The fourth-order valence-electron chi connectivity index (χ4n) is 3.48. The Morgan fingerprint density at radius 3 is 2.48 bits per heavy atom. The minimum absolute atomic E-state index is 0.0206. The number of carbonyl (C=O) groups is 1. The molecular weight excluding hydrogens is 436 g/mol. The Labute approximate surface area is 197 Å². The van der Waals surface area contributed by atoms with Gasteiger partial charge in [-0.1, -0.05) is 24.3 Å². The van der Waals surface area contributed by atoms with E-state index in [4.69, 9.17) is 9.47 Å². The lowest BCUT2D eigenvalue weighted by Crippen LogP contribution is -2.24. The Kier molecular flexibility index (Phi) is 7.36. The van der Waals surface area contributed by atoms with Gasteiger partial charge in [0.05, 0.1) is 31.9 Å². The van der Waals surface area contributed by atoms with Gasteiger partial charge in [-0.3, -0.25) is 4.79 Å². The number of rotatable bonds is 10. The maximum atomic E-state index is 12.4. The number of benzene rings is 2. The Balaban J connectivity index is 1.37. The van der Waals surface area contributed by atoms with E-state index in [1.165, 1.54) is 0 Å².